The second kappa shape index (κ2) is 11.7. The molecule has 216 valence electrons. The molecule has 1 aliphatic heterocycles. The fourth-order valence-corrected chi connectivity index (χ4v) is 5.78. The maximum Gasteiger partial charge on any atom is 0.317 e. The van der Waals surface area contributed by atoms with E-state index in [1.165, 1.54) is 29.1 Å². The summed E-state index contributed by atoms with van der Waals surface area (Å²) in [7, 11) is 0. The van der Waals surface area contributed by atoms with Gasteiger partial charge in [0, 0.05) is 56.5 Å². The largest absolute Gasteiger partial charge is 0.480 e. The van der Waals surface area contributed by atoms with Gasteiger partial charge < -0.3 is 25.6 Å². The van der Waals surface area contributed by atoms with Gasteiger partial charge in [0.05, 0.1) is 11.9 Å². The molecular weight excluding hydrogens is 534 g/mol. The summed E-state index contributed by atoms with van der Waals surface area (Å²) in [5.74, 6) is -1.24. The SMILES string of the molecule is NC(=O)c1cn(-c2ccc3c(c2)CCC3)c2nc(Nc3ccc(CCN4CCN(CC(=O)O)CC4)cc3)ncc2c1=O. The number of carbonyl (C=O) groups is 2. The first kappa shape index (κ1) is 27.6. The number of carboxylic acids is 1. The molecule has 0 unspecified atom stereocenters. The van der Waals surface area contributed by atoms with Crippen molar-refractivity contribution in [2.45, 2.75) is 25.7 Å². The topological polar surface area (TPSA) is 147 Å². The van der Waals surface area contributed by atoms with Crippen molar-refractivity contribution in [3.05, 3.63) is 87.3 Å². The van der Waals surface area contributed by atoms with Gasteiger partial charge in [0.2, 0.25) is 11.4 Å². The van der Waals surface area contributed by atoms with Gasteiger partial charge in [-0.1, -0.05) is 18.2 Å². The van der Waals surface area contributed by atoms with Gasteiger partial charge in [0.25, 0.3) is 5.91 Å². The summed E-state index contributed by atoms with van der Waals surface area (Å²) in [6, 6.07) is 14.2. The maximum absolute atomic E-state index is 13.0. The zero-order chi connectivity index (χ0) is 29.2. The third-order valence-corrected chi connectivity index (χ3v) is 8.12. The molecule has 4 aromatic rings. The summed E-state index contributed by atoms with van der Waals surface area (Å²) in [5.41, 5.74) is 10.7. The van der Waals surface area contributed by atoms with Crippen molar-refractivity contribution >= 4 is 34.5 Å². The smallest absolute Gasteiger partial charge is 0.317 e. The van der Waals surface area contributed by atoms with Crippen LogP contribution in [0.3, 0.4) is 0 Å². The van der Waals surface area contributed by atoms with E-state index < -0.39 is 17.3 Å². The maximum atomic E-state index is 13.0. The quantitative estimate of drug-likeness (QED) is 0.277. The van der Waals surface area contributed by atoms with Gasteiger partial charge in [0.1, 0.15) is 5.56 Å². The summed E-state index contributed by atoms with van der Waals surface area (Å²) in [4.78, 5) is 49.4. The van der Waals surface area contributed by atoms with Crippen LogP contribution < -0.4 is 16.5 Å². The van der Waals surface area contributed by atoms with E-state index in [0.29, 0.717) is 11.6 Å². The number of nitrogens with one attached hydrogen (secondary N) is 1. The summed E-state index contributed by atoms with van der Waals surface area (Å²) in [6.45, 7) is 4.28. The Hall–Kier alpha value is -4.61. The molecule has 2 aromatic carbocycles. The summed E-state index contributed by atoms with van der Waals surface area (Å²) >= 11 is 0. The lowest BCUT2D eigenvalue weighted by Crippen LogP contribution is -2.48. The number of hydrogen-bond acceptors (Lipinski definition) is 8. The van der Waals surface area contributed by atoms with Crippen LogP contribution in [0.1, 0.15) is 33.5 Å². The number of nitrogens with zero attached hydrogens (tertiary/aromatic N) is 5. The molecule has 4 N–H and O–H groups in total. The number of pyridine rings is 1. The Kier molecular flexibility index (Phi) is 7.68. The molecule has 0 spiro atoms. The van der Waals surface area contributed by atoms with Crippen molar-refractivity contribution in [2.24, 2.45) is 5.73 Å². The fraction of sp³-hybridized carbons (Fsp3) is 0.323. The molecule has 11 nitrogen and oxygen atoms in total. The standard InChI is InChI=1S/C31H33N7O4/c32-29(42)26-18-38(24-9-6-21-2-1-3-22(21)16-24)30-25(28(26)41)17-33-31(35-30)34-23-7-4-20(5-8-23)10-11-36-12-14-37(15-13-36)19-27(39)40/h4-9,16-18H,1-3,10-15,19H2,(H2,32,42)(H,39,40)(H,33,34,35). The zero-order valence-corrected chi connectivity index (χ0v) is 23.3. The van der Waals surface area contributed by atoms with E-state index in [0.717, 1.165) is 69.8 Å². The van der Waals surface area contributed by atoms with Gasteiger partial charge >= 0.3 is 5.97 Å². The molecule has 1 aliphatic carbocycles. The number of piperazine rings is 1. The number of aryl methyl sites for hydroxylation is 2. The summed E-state index contributed by atoms with van der Waals surface area (Å²) in [5, 5.41) is 12.4. The van der Waals surface area contributed by atoms with E-state index in [9.17, 15) is 14.4 Å². The lowest BCUT2D eigenvalue weighted by molar-refractivity contribution is -0.138. The highest BCUT2D eigenvalue weighted by Crippen LogP contribution is 2.26. The number of rotatable bonds is 9. The summed E-state index contributed by atoms with van der Waals surface area (Å²) < 4.78 is 1.74. The normalized spacial score (nSPS) is 15.5. The van der Waals surface area contributed by atoms with Gasteiger partial charge in [-0.25, -0.2) is 4.98 Å². The molecule has 2 aliphatic rings. The van der Waals surface area contributed by atoms with Gasteiger partial charge in [0.15, 0.2) is 5.65 Å². The average molecular weight is 568 g/mol. The van der Waals surface area contributed by atoms with Crippen LogP contribution in [0, 0.1) is 0 Å². The zero-order valence-electron chi connectivity index (χ0n) is 23.3. The number of aromatic nitrogens is 3. The number of carbonyl (C=O) groups excluding carboxylic acids is 1. The minimum atomic E-state index is -0.792. The lowest BCUT2D eigenvalue weighted by Gasteiger charge is -2.33. The van der Waals surface area contributed by atoms with Crippen LogP contribution >= 0.6 is 0 Å². The number of primary amides is 1. The molecule has 0 atom stereocenters. The highest BCUT2D eigenvalue weighted by atomic mass is 16.4. The van der Waals surface area contributed by atoms with Crippen molar-refractivity contribution in [2.75, 3.05) is 44.6 Å². The Balaban J connectivity index is 1.19. The van der Waals surface area contributed by atoms with E-state index in [1.807, 2.05) is 23.1 Å². The van der Waals surface area contributed by atoms with Crippen molar-refractivity contribution < 1.29 is 14.7 Å². The van der Waals surface area contributed by atoms with Gasteiger partial charge in [-0.15, -0.1) is 0 Å². The molecule has 11 heteroatoms. The highest BCUT2D eigenvalue weighted by Gasteiger charge is 2.20. The molecule has 42 heavy (non-hydrogen) atoms. The molecule has 0 saturated carbocycles. The highest BCUT2D eigenvalue weighted by molar-refractivity contribution is 5.96. The molecule has 1 saturated heterocycles. The van der Waals surface area contributed by atoms with Gasteiger partial charge in [-0.2, -0.15) is 4.98 Å². The van der Waals surface area contributed by atoms with Crippen LogP contribution in [0.25, 0.3) is 16.7 Å². The van der Waals surface area contributed by atoms with Gasteiger partial charge in [-0.05, 0) is 66.6 Å². The first-order valence-corrected chi connectivity index (χ1v) is 14.2. The molecule has 6 rings (SSSR count). The number of nitrogens with two attached hydrogens (primary N) is 1. The minimum Gasteiger partial charge on any atom is -0.480 e. The summed E-state index contributed by atoms with van der Waals surface area (Å²) in [6.07, 6.45) is 6.95. The lowest BCUT2D eigenvalue weighted by atomic mass is 10.1. The monoisotopic (exact) mass is 567 g/mol. The fourth-order valence-electron chi connectivity index (χ4n) is 5.78. The van der Waals surface area contributed by atoms with Crippen molar-refractivity contribution in [3.8, 4) is 5.69 Å². The van der Waals surface area contributed by atoms with Gasteiger partial charge in [-0.3, -0.25) is 19.3 Å². The van der Waals surface area contributed by atoms with Crippen molar-refractivity contribution in [1.82, 2.24) is 24.3 Å². The van der Waals surface area contributed by atoms with Crippen LogP contribution in [0.5, 0.6) is 0 Å². The second-order valence-electron chi connectivity index (χ2n) is 10.9. The Morgan fingerprint density at radius 2 is 1.71 bits per heavy atom. The van der Waals surface area contributed by atoms with Crippen molar-refractivity contribution in [3.63, 3.8) is 0 Å². The Bertz CT molecular complexity index is 1710. The predicted molar refractivity (Wildman–Crippen MR) is 160 cm³/mol. The van der Waals surface area contributed by atoms with Crippen LogP contribution in [-0.4, -0.2) is 80.6 Å². The molecule has 1 amide bonds. The molecule has 1 fully saturated rings. The third-order valence-electron chi connectivity index (χ3n) is 8.12. The van der Waals surface area contributed by atoms with Crippen LogP contribution in [0.4, 0.5) is 11.6 Å². The van der Waals surface area contributed by atoms with E-state index in [4.69, 9.17) is 10.8 Å². The Morgan fingerprint density at radius 1 is 0.976 bits per heavy atom. The molecule has 0 bridgehead atoms. The molecule has 2 aromatic heterocycles. The average Bonchev–Trinajstić information content (AvgIpc) is 3.45. The van der Waals surface area contributed by atoms with Crippen LogP contribution in [-0.2, 0) is 24.1 Å². The third kappa shape index (κ3) is 5.88. The Morgan fingerprint density at radius 3 is 2.45 bits per heavy atom. The van der Waals surface area contributed by atoms with Crippen LogP contribution in [0.2, 0.25) is 0 Å². The molecule has 3 heterocycles. The van der Waals surface area contributed by atoms with Crippen LogP contribution in [0.15, 0.2) is 59.7 Å². The van der Waals surface area contributed by atoms with E-state index in [1.54, 1.807) is 4.57 Å². The number of aliphatic carboxylic acids is 1. The predicted octanol–water partition coefficient (Wildman–Crippen LogP) is 2.36. The molecular formula is C31H33N7O4. The van der Waals surface area contributed by atoms with E-state index in [-0.39, 0.29) is 17.5 Å². The second-order valence-corrected chi connectivity index (χ2v) is 10.9. The van der Waals surface area contributed by atoms with Crippen molar-refractivity contribution in [1.29, 1.82) is 0 Å². The number of benzene rings is 2. The first-order chi connectivity index (χ1) is 20.3. The number of anilines is 2. The Labute approximate surface area is 242 Å². The number of carboxylic acid groups (broad SMARTS) is 1. The minimum absolute atomic E-state index is 0.101. The number of hydrogen-bond donors (Lipinski definition) is 3. The van der Waals surface area contributed by atoms with E-state index >= 15 is 0 Å². The van der Waals surface area contributed by atoms with E-state index in [2.05, 4.69) is 44.5 Å². The number of amides is 1. The number of fused-ring (bicyclic) bond motifs is 2. The first-order valence-electron chi connectivity index (χ1n) is 14.2. The molecule has 0 radical (unpaired) electrons.